The number of amides is 1. The van der Waals surface area contributed by atoms with Crippen molar-refractivity contribution in [1.82, 2.24) is 9.88 Å². The number of Topliss-reactive ketones (excluding diaryl/α,β-unsaturated/α-hetero) is 1. The zero-order valence-corrected chi connectivity index (χ0v) is 19.0. The van der Waals surface area contributed by atoms with Crippen LogP contribution < -0.4 is 4.74 Å². The van der Waals surface area contributed by atoms with Crippen LogP contribution in [0.25, 0.3) is 16.7 Å². The van der Waals surface area contributed by atoms with Crippen LogP contribution in [0.1, 0.15) is 22.7 Å². The highest BCUT2D eigenvalue weighted by atomic mass is 19.1. The van der Waals surface area contributed by atoms with E-state index >= 15 is 0 Å². The van der Waals surface area contributed by atoms with Gasteiger partial charge in [0.25, 0.3) is 11.7 Å². The molecule has 1 atom stereocenters. The van der Waals surface area contributed by atoms with Gasteiger partial charge in [0.1, 0.15) is 17.3 Å². The molecule has 1 aromatic heterocycles. The minimum absolute atomic E-state index is 0.0651. The van der Waals surface area contributed by atoms with Crippen LogP contribution in [0.5, 0.6) is 5.75 Å². The van der Waals surface area contributed by atoms with E-state index in [4.69, 9.17) is 4.74 Å². The van der Waals surface area contributed by atoms with E-state index in [9.17, 15) is 19.1 Å². The highest BCUT2D eigenvalue weighted by Crippen LogP contribution is 2.40. The molecule has 3 aromatic carbocycles. The zero-order valence-electron chi connectivity index (χ0n) is 19.0. The molecule has 1 aliphatic rings. The summed E-state index contributed by atoms with van der Waals surface area (Å²) in [7, 11) is 1.53. The number of carbonyl (C=O) groups is 2. The Morgan fingerprint density at radius 2 is 1.83 bits per heavy atom. The largest absolute Gasteiger partial charge is 0.507 e. The summed E-state index contributed by atoms with van der Waals surface area (Å²) in [6.45, 7) is 0.215. The molecule has 1 amide bonds. The molecule has 4 aromatic rings. The molecular formula is C28H23FN2O4. The first-order chi connectivity index (χ1) is 17.0. The molecular weight excluding hydrogens is 447 g/mol. The number of rotatable bonds is 6. The number of nitrogens with one attached hydrogen (secondary N) is 1. The second-order valence-corrected chi connectivity index (χ2v) is 8.39. The number of halogens is 1. The van der Waals surface area contributed by atoms with Gasteiger partial charge in [0.15, 0.2) is 0 Å². The molecule has 7 heteroatoms. The van der Waals surface area contributed by atoms with Gasteiger partial charge in [-0.2, -0.15) is 0 Å². The SMILES string of the molecule is COc1ccc(C(O)=C2C(=O)C(=O)N(CCc3c[nH]c4ccccc34)[C@@H]2c2cccc(F)c2)cc1. The van der Waals surface area contributed by atoms with Gasteiger partial charge in [-0.15, -0.1) is 0 Å². The number of fused-ring (bicyclic) bond motifs is 1. The first-order valence-corrected chi connectivity index (χ1v) is 11.2. The van der Waals surface area contributed by atoms with Gasteiger partial charge in [-0.25, -0.2) is 4.39 Å². The molecule has 5 rings (SSSR count). The monoisotopic (exact) mass is 470 g/mol. The molecule has 0 unspecified atom stereocenters. The van der Waals surface area contributed by atoms with E-state index in [0.717, 1.165) is 16.5 Å². The lowest BCUT2D eigenvalue weighted by atomic mass is 9.95. The van der Waals surface area contributed by atoms with Crippen LogP contribution in [0.15, 0.2) is 84.6 Å². The first-order valence-electron chi connectivity index (χ1n) is 11.2. The summed E-state index contributed by atoms with van der Waals surface area (Å²) >= 11 is 0. The summed E-state index contributed by atoms with van der Waals surface area (Å²) < 4.78 is 19.3. The Kier molecular flexibility index (Phi) is 5.82. The van der Waals surface area contributed by atoms with Gasteiger partial charge in [0.05, 0.1) is 18.7 Å². The number of hydrogen-bond acceptors (Lipinski definition) is 4. The summed E-state index contributed by atoms with van der Waals surface area (Å²) in [5.74, 6) is -1.74. The normalized spacial score (nSPS) is 17.3. The van der Waals surface area contributed by atoms with Crippen molar-refractivity contribution in [2.45, 2.75) is 12.5 Å². The van der Waals surface area contributed by atoms with Crippen molar-refractivity contribution < 1.29 is 23.8 Å². The summed E-state index contributed by atoms with van der Waals surface area (Å²) in [5, 5.41) is 12.2. The summed E-state index contributed by atoms with van der Waals surface area (Å²) in [4.78, 5) is 30.9. The third kappa shape index (κ3) is 4.05. The van der Waals surface area contributed by atoms with E-state index < -0.39 is 23.5 Å². The lowest BCUT2D eigenvalue weighted by Gasteiger charge is -2.25. The van der Waals surface area contributed by atoms with Crippen molar-refractivity contribution >= 4 is 28.4 Å². The van der Waals surface area contributed by atoms with E-state index in [2.05, 4.69) is 4.98 Å². The van der Waals surface area contributed by atoms with Crippen LogP contribution in [0, 0.1) is 5.82 Å². The van der Waals surface area contributed by atoms with Crippen molar-refractivity contribution in [1.29, 1.82) is 0 Å². The summed E-state index contributed by atoms with van der Waals surface area (Å²) in [6, 6.07) is 19.2. The Hall–Kier alpha value is -4.39. The van der Waals surface area contributed by atoms with Crippen LogP contribution in [0.2, 0.25) is 0 Å². The molecule has 2 heterocycles. The Labute approximate surface area is 201 Å². The topological polar surface area (TPSA) is 82.6 Å². The van der Waals surface area contributed by atoms with Crippen molar-refractivity contribution in [3.05, 3.63) is 107 Å². The minimum Gasteiger partial charge on any atom is -0.507 e. The lowest BCUT2D eigenvalue weighted by Crippen LogP contribution is -2.31. The molecule has 1 saturated heterocycles. The predicted octanol–water partition coefficient (Wildman–Crippen LogP) is 4.98. The maximum absolute atomic E-state index is 14.2. The van der Waals surface area contributed by atoms with Gasteiger partial charge in [-0.3, -0.25) is 9.59 Å². The second kappa shape index (κ2) is 9.10. The molecule has 0 saturated carbocycles. The van der Waals surface area contributed by atoms with Crippen LogP contribution in [-0.2, 0) is 16.0 Å². The Morgan fingerprint density at radius 3 is 2.57 bits per heavy atom. The molecule has 6 nitrogen and oxygen atoms in total. The minimum atomic E-state index is -0.919. The van der Waals surface area contributed by atoms with Gasteiger partial charge in [-0.05, 0) is 60.0 Å². The van der Waals surface area contributed by atoms with E-state index in [1.807, 2.05) is 30.5 Å². The highest BCUT2D eigenvalue weighted by molar-refractivity contribution is 6.46. The number of carbonyl (C=O) groups excluding carboxylic acids is 2. The number of likely N-dealkylation sites (tertiary alicyclic amines) is 1. The number of benzene rings is 3. The van der Waals surface area contributed by atoms with Crippen molar-refractivity contribution in [2.75, 3.05) is 13.7 Å². The van der Waals surface area contributed by atoms with Gasteiger partial charge < -0.3 is 19.7 Å². The van der Waals surface area contributed by atoms with Gasteiger partial charge in [0, 0.05) is 29.2 Å². The van der Waals surface area contributed by atoms with Crippen molar-refractivity contribution in [2.24, 2.45) is 0 Å². The number of aromatic nitrogens is 1. The van der Waals surface area contributed by atoms with Gasteiger partial charge in [0.2, 0.25) is 0 Å². The van der Waals surface area contributed by atoms with Crippen LogP contribution in [-0.4, -0.2) is 40.3 Å². The Morgan fingerprint density at radius 1 is 1.06 bits per heavy atom. The van der Waals surface area contributed by atoms with Crippen LogP contribution in [0.4, 0.5) is 4.39 Å². The van der Waals surface area contributed by atoms with E-state index in [-0.39, 0.29) is 17.9 Å². The number of ether oxygens (including phenoxy) is 1. The molecule has 0 bridgehead atoms. The van der Waals surface area contributed by atoms with Crippen LogP contribution >= 0.6 is 0 Å². The van der Waals surface area contributed by atoms with Gasteiger partial charge in [-0.1, -0.05) is 30.3 Å². The maximum atomic E-state index is 14.2. The number of nitrogens with zero attached hydrogens (tertiary/aromatic N) is 1. The molecule has 1 aliphatic heterocycles. The number of ketones is 1. The van der Waals surface area contributed by atoms with E-state index in [1.165, 1.54) is 30.2 Å². The Bertz CT molecular complexity index is 1460. The fourth-order valence-corrected chi connectivity index (χ4v) is 4.62. The molecule has 2 N–H and O–H groups in total. The Balaban J connectivity index is 1.56. The number of aliphatic hydroxyl groups is 1. The average molecular weight is 471 g/mol. The fourth-order valence-electron chi connectivity index (χ4n) is 4.62. The number of H-pyrrole nitrogens is 1. The number of aromatic amines is 1. The third-order valence-corrected chi connectivity index (χ3v) is 6.36. The smallest absolute Gasteiger partial charge is 0.295 e. The lowest BCUT2D eigenvalue weighted by molar-refractivity contribution is -0.139. The zero-order chi connectivity index (χ0) is 24.5. The van der Waals surface area contributed by atoms with E-state index in [1.54, 1.807) is 30.3 Å². The predicted molar refractivity (Wildman–Crippen MR) is 130 cm³/mol. The fraction of sp³-hybridized carbons (Fsp3) is 0.143. The number of aliphatic hydroxyl groups excluding tert-OH is 1. The maximum Gasteiger partial charge on any atom is 0.295 e. The molecule has 1 fully saturated rings. The van der Waals surface area contributed by atoms with Gasteiger partial charge >= 0.3 is 0 Å². The molecule has 0 aliphatic carbocycles. The average Bonchev–Trinajstić information content (AvgIpc) is 3.40. The molecule has 0 radical (unpaired) electrons. The molecule has 0 spiro atoms. The molecule has 176 valence electrons. The first kappa shape index (κ1) is 22.4. The van der Waals surface area contributed by atoms with E-state index in [0.29, 0.717) is 23.3 Å². The number of methoxy groups -OCH3 is 1. The van der Waals surface area contributed by atoms with Crippen LogP contribution in [0.3, 0.4) is 0 Å². The second-order valence-electron chi connectivity index (χ2n) is 8.39. The number of hydrogen-bond donors (Lipinski definition) is 2. The summed E-state index contributed by atoms with van der Waals surface area (Å²) in [6.07, 6.45) is 2.36. The third-order valence-electron chi connectivity index (χ3n) is 6.36. The van der Waals surface area contributed by atoms with Crippen molar-refractivity contribution in [3.63, 3.8) is 0 Å². The molecule has 35 heavy (non-hydrogen) atoms. The highest BCUT2D eigenvalue weighted by Gasteiger charge is 2.46. The standard InChI is InChI=1S/C28H23FN2O4/c1-35-21-11-9-17(10-12-21)26(32)24-25(18-5-4-6-20(29)15-18)31(28(34)27(24)33)14-13-19-16-30-23-8-3-2-7-22(19)23/h2-12,15-16,25,30,32H,13-14H2,1H3/t25-/m1/s1. The number of para-hydroxylation sites is 1. The quantitative estimate of drug-likeness (QED) is 0.237. The summed E-state index contributed by atoms with van der Waals surface area (Å²) in [5.41, 5.74) is 2.69. The van der Waals surface area contributed by atoms with Crippen molar-refractivity contribution in [3.8, 4) is 5.75 Å².